The highest BCUT2D eigenvalue weighted by Crippen LogP contribution is 2.30. The number of methoxy groups -OCH3 is 2. The zero-order valence-electron chi connectivity index (χ0n) is 16.4. The second kappa shape index (κ2) is 7.97. The summed E-state index contributed by atoms with van der Waals surface area (Å²) in [5, 5.41) is 0.473. The smallest absolute Gasteiger partial charge is 0.341 e. The molecule has 1 aromatic carbocycles. The summed E-state index contributed by atoms with van der Waals surface area (Å²) in [5.41, 5.74) is 1.30. The van der Waals surface area contributed by atoms with Crippen LogP contribution in [0.15, 0.2) is 42.6 Å². The summed E-state index contributed by atoms with van der Waals surface area (Å²) in [4.78, 5) is 40.4. The lowest BCUT2D eigenvalue weighted by atomic mass is 10.0. The quantitative estimate of drug-likeness (QED) is 0.470. The van der Waals surface area contributed by atoms with E-state index in [1.165, 1.54) is 18.6 Å². The minimum Gasteiger partial charge on any atom is -0.465 e. The van der Waals surface area contributed by atoms with Gasteiger partial charge in [-0.15, -0.1) is 0 Å². The Kier molecular flexibility index (Phi) is 5.61. The van der Waals surface area contributed by atoms with Crippen molar-refractivity contribution < 1.29 is 23.9 Å². The molecule has 0 radical (unpaired) electrons. The van der Waals surface area contributed by atoms with Crippen molar-refractivity contribution in [1.82, 2.24) is 4.40 Å². The average molecular weight is 415 g/mol. The van der Waals surface area contributed by atoms with Gasteiger partial charge in [0.25, 0.3) is 0 Å². The summed E-state index contributed by atoms with van der Waals surface area (Å²) in [7, 11) is 6.08. The predicted octanol–water partition coefficient (Wildman–Crippen LogP) is 3.46. The summed E-state index contributed by atoms with van der Waals surface area (Å²) in [6.07, 6.45) is 1.63. The Labute approximate surface area is 172 Å². The monoisotopic (exact) mass is 414 g/mol. The van der Waals surface area contributed by atoms with Gasteiger partial charge in [0.2, 0.25) is 5.78 Å². The van der Waals surface area contributed by atoms with Gasteiger partial charge in [-0.3, -0.25) is 4.79 Å². The van der Waals surface area contributed by atoms with Crippen LogP contribution in [-0.4, -0.2) is 50.4 Å². The van der Waals surface area contributed by atoms with E-state index in [1.807, 2.05) is 19.0 Å². The fourth-order valence-electron chi connectivity index (χ4n) is 3.09. The number of carbonyl (C=O) groups excluding carboxylic acids is 3. The standard InChI is InChI=1S/C21H19ClN2O5/c1-23(2)14-9-10-24-15(11-14)16(20(26)28-3)17(21(27)29-4)18(24)19(25)12-5-7-13(22)8-6-12/h5-11H,1-4H3. The van der Waals surface area contributed by atoms with Crippen LogP contribution in [0.1, 0.15) is 36.8 Å². The molecule has 0 amide bonds. The summed E-state index contributed by atoms with van der Waals surface area (Å²) >= 11 is 5.92. The van der Waals surface area contributed by atoms with E-state index < -0.39 is 17.7 Å². The zero-order valence-corrected chi connectivity index (χ0v) is 17.1. The third-order valence-electron chi connectivity index (χ3n) is 4.54. The van der Waals surface area contributed by atoms with Crippen LogP contribution in [0.25, 0.3) is 5.52 Å². The van der Waals surface area contributed by atoms with E-state index in [0.29, 0.717) is 16.1 Å². The minimum absolute atomic E-state index is 0.0138. The van der Waals surface area contributed by atoms with E-state index in [9.17, 15) is 14.4 Å². The number of carbonyl (C=O) groups is 3. The van der Waals surface area contributed by atoms with Gasteiger partial charge in [0.1, 0.15) is 16.8 Å². The molecule has 0 aliphatic rings. The third-order valence-corrected chi connectivity index (χ3v) is 4.79. The molecule has 29 heavy (non-hydrogen) atoms. The molecule has 3 rings (SSSR count). The first-order valence-corrected chi connectivity index (χ1v) is 9.00. The highest BCUT2D eigenvalue weighted by Gasteiger charge is 2.33. The maximum Gasteiger partial charge on any atom is 0.341 e. The Hall–Kier alpha value is -3.32. The van der Waals surface area contributed by atoms with E-state index in [2.05, 4.69) is 0 Å². The van der Waals surface area contributed by atoms with Crippen LogP contribution in [0.3, 0.4) is 0 Å². The molecular weight excluding hydrogens is 396 g/mol. The molecule has 0 N–H and O–H groups in total. The van der Waals surface area contributed by atoms with E-state index in [4.69, 9.17) is 21.1 Å². The van der Waals surface area contributed by atoms with Gasteiger partial charge in [0, 0.05) is 36.6 Å². The lowest BCUT2D eigenvalue weighted by Gasteiger charge is -2.13. The van der Waals surface area contributed by atoms with Gasteiger partial charge >= 0.3 is 11.9 Å². The van der Waals surface area contributed by atoms with Gasteiger partial charge in [0.05, 0.1) is 19.7 Å². The number of benzene rings is 1. The van der Waals surface area contributed by atoms with Crippen LogP contribution in [0.2, 0.25) is 5.02 Å². The first-order valence-electron chi connectivity index (χ1n) is 8.62. The van der Waals surface area contributed by atoms with E-state index in [-0.39, 0.29) is 16.8 Å². The Bertz CT molecular complexity index is 1120. The number of pyridine rings is 1. The normalized spacial score (nSPS) is 10.7. The summed E-state index contributed by atoms with van der Waals surface area (Å²) in [6, 6.07) is 9.74. The molecule has 2 aromatic heterocycles. The van der Waals surface area contributed by atoms with Gasteiger partial charge in [-0.2, -0.15) is 0 Å². The molecular formula is C21H19ClN2O5. The Morgan fingerprint density at radius 1 is 0.931 bits per heavy atom. The van der Waals surface area contributed by atoms with Crippen molar-refractivity contribution in [3.05, 3.63) is 70.0 Å². The van der Waals surface area contributed by atoms with Crippen LogP contribution >= 0.6 is 11.6 Å². The number of halogens is 1. The number of rotatable bonds is 5. The number of esters is 2. The number of ketones is 1. The molecule has 0 fully saturated rings. The number of hydrogen-bond donors (Lipinski definition) is 0. The number of anilines is 1. The number of ether oxygens (including phenoxy) is 2. The van der Waals surface area contributed by atoms with Gasteiger partial charge in [0.15, 0.2) is 0 Å². The molecule has 0 atom stereocenters. The number of nitrogens with zero attached hydrogens (tertiary/aromatic N) is 2. The van der Waals surface area contributed by atoms with Gasteiger partial charge in [-0.05, 0) is 36.4 Å². The number of aromatic nitrogens is 1. The lowest BCUT2D eigenvalue weighted by molar-refractivity contribution is 0.0556. The second-order valence-electron chi connectivity index (χ2n) is 6.45. The fraction of sp³-hybridized carbons (Fsp3) is 0.190. The molecule has 0 aliphatic heterocycles. The zero-order chi connectivity index (χ0) is 21.3. The Balaban J connectivity index is 2.40. The maximum absolute atomic E-state index is 13.3. The summed E-state index contributed by atoms with van der Waals surface area (Å²) in [5.74, 6) is -2.00. The largest absolute Gasteiger partial charge is 0.465 e. The van der Waals surface area contributed by atoms with E-state index in [1.54, 1.807) is 42.6 Å². The minimum atomic E-state index is -0.808. The molecule has 3 aromatic rings. The van der Waals surface area contributed by atoms with Crippen molar-refractivity contribution in [3.63, 3.8) is 0 Å². The van der Waals surface area contributed by atoms with Gasteiger partial charge < -0.3 is 18.8 Å². The Morgan fingerprint density at radius 2 is 1.52 bits per heavy atom. The van der Waals surface area contributed by atoms with Crippen LogP contribution in [0.5, 0.6) is 0 Å². The molecule has 0 aliphatic carbocycles. The SMILES string of the molecule is COC(=O)c1c(C(=O)OC)c2cc(N(C)C)ccn2c1C(=O)c1ccc(Cl)cc1. The molecule has 2 heterocycles. The predicted molar refractivity (Wildman–Crippen MR) is 109 cm³/mol. The summed E-state index contributed by atoms with van der Waals surface area (Å²) in [6.45, 7) is 0. The topological polar surface area (TPSA) is 77.3 Å². The van der Waals surface area contributed by atoms with E-state index >= 15 is 0 Å². The first-order chi connectivity index (χ1) is 13.8. The molecule has 0 saturated heterocycles. The van der Waals surface area contributed by atoms with Gasteiger partial charge in [-0.1, -0.05) is 11.6 Å². The molecule has 0 spiro atoms. The first kappa shape index (κ1) is 20.4. The maximum atomic E-state index is 13.3. The molecule has 150 valence electrons. The second-order valence-corrected chi connectivity index (χ2v) is 6.89. The van der Waals surface area contributed by atoms with Crippen LogP contribution in [0.4, 0.5) is 5.69 Å². The van der Waals surface area contributed by atoms with Crippen molar-refractivity contribution in [2.24, 2.45) is 0 Å². The molecule has 0 bridgehead atoms. The highest BCUT2D eigenvalue weighted by molar-refractivity contribution is 6.30. The van der Waals surface area contributed by atoms with Crippen molar-refractivity contribution in [2.45, 2.75) is 0 Å². The molecule has 7 nitrogen and oxygen atoms in total. The van der Waals surface area contributed by atoms with Crippen molar-refractivity contribution in [1.29, 1.82) is 0 Å². The van der Waals surface area contributed by atoms with Crippen LogP contribution in [-0.2, 0) is 9.47 Å². The van der Waals surface area contributed by atoms with Crippen molar-refractivity contribution >= 4 is 40.5 Å². The summed E-state index contributed by atoms with van der Waals surface area (Å²) < 4.78 is 11.3. The number of hydrogen-bond acceptors (Lipinski definition) is 6. The van der Waals surface area contributed by atoms with Crippen LogP contribution < -0.4 is 4.90 Å². The van der Waals surface area contributed by atoms with Gasteiger partial charge in [-0.25, -0.2) is 9.59 Å². The lowest BCUT2D eigenvalue weighted by Crippen LogP contribution is -2.15. The average Bonchev–Trinajstić information content (AvgIpc) is 3.06. The Morgan fingerprint density at radius 3 is 2.07 bits per heavy atom. The molecule has 0 unspecified atom stereocenters. The molecule has 8 heteroatoms. The van der Waals surface area contributed by atoms with Crippen molar-refractivity contribution in [2.75, 3.05) is 33.2 Å². The van der Waals surface area contributed by atoms with Crippen molar-refractivity contribution in [3.8, 4) is 0 Å². The molecule has 0 saturated carbocycles. The number of fused-ring (bicyclic) bond motifs is 1. The van der Waals surface area contributed by atoms with Crippen LogP contribution in [0, 0.1) is 0 Å². The third kappa shape index (κ3) is 3.56. The fourth-order valence-corrected chi connectivity index (χ4v) is 3.22. The highest BCUT2D eigenvalue weighted by atomic mass is 35.5. The van der Waals surface area contributed by atoms with E-state index in [0.717, 1.165) is 5.69 Å².